The summed E-state index contributed by atoms with van der Waals surface area (Å²) in [5.74, 6) is -0.281. The molecule has 0 bridgehead atoms. The van der Waals surface area contributed by atoms with Crippen LogP contribution in [0, 0.1) is 0 Å². The number of halogens is 3. The van der Waals surface area contributed by atoms with E-state index in [1.807, 2.05) is 4.90 Å². The molecule has 0 unspecified atom stereocenters. The first-order chi connectivity index (χ1) is 17.0. The van der Waals surface area contributed by atoms with Crippen molar-refractivity contribution in [2.45, 2.75) is 52.0 Å². The molecule has 0 radical (unpaired) electrons. The number of alkyl halides is 3. The number of rotatable bonds is 10. The first kappa shape index (κ1) is 27.8. The summed E-state index contributed by atoms with van der Waals surface area (Å²) in [6.07, 6.45) is -4.40. The summed E-state index contributed by atoms with van der Waals surface area (Å²) in [5.41, 5.74) is 2.49. The van der Waals surface area contributed by atoms with Crippen molar-refractivity contribution in [3.05, 3.63) is 86.9 Å². The average Bonchev–Trinajstić information content (AvgIpc) is 3.27. The van der Waals surface area contributed by atoms with E-state index in [1.54, 1.807) is 18.6 Å². The smallest absolute Gasteiger partial charge is 0.383 e. The van der Waals surface area contributed by atoms with Crippen LogP contribution in [0.25, 0.3) is 0 Å². The van der Waals surface area contributed by atoms with Gasteiger partial charge >= 0.3 is 6.18 Å². The van der Waals surface area contributed by atoms with Gasteiger partial charge in [0.2, 0.25) is 0 Å². The molecule has 1 N–H and O–H groups in total. The van der Waals surface area contributed by atoms with Crippen LogP contribution in [0.2, 0.25) is 0 Å². The Morgan fingerprint density at radius 3 is 2.33 bits per heavy atom. The second kappa shape index (κ2) is 12.0. The minimum Gasteiger partial charge on any atom is -0.383 e. The van der Waals surface area contributed by atoms with E-state index >= 15 is 0 Å². The molecule has 0 saturated carbocycles. The standard InChI is InChI=1S/C27H32F3N3O2S/c1-26(2,3)21-10-8-19(9-11-21)15-33(16-20-6-5-7-22(14-20)27(28,29)30)17-24-32-23(18-36-24)25(34)31-12-13-35-4/h5-11,14,18H,12-13,15-17H2,1-4H3,(H,31,34). The minimum atomic E-state index is -4.40. The number of carbonyl (C=O) groups is 1. The molecule has 0 aliphatic rings. The molecule has 1 amide bonds. The molecule has 1 aromatic heterocycles. The molecule has 9 heteroatoms. The van der Waals surface area contributed by atoms with Crippen LogP contribution in [0.5, 0.6) is 0 Å². The van der Waals surface area contributed by atoms with Gasteiger partial charge in [-0.2, -0.15) is 13.2 Å². The zero-order valence-corrected chi connectivity index (χ0v) is 21.8. The maximum absolute atomic E-state index is 13.3. The zero-order valence-electron chi connectivity index (χ0n) is 21.0. The molecule has 5 nitrogen and oxygen atoms in total. The highest BCUT2D eigenvalue weighted by molar-refractivity contribution is 7.09. The molecule has 36 heavy (non-hydrogen) atoms. The first-order valence-corrected chi connectivity index (χ1v) is 12.5. The van der Waals surface area contributed by atoms with Crippen LogP contribution >= 0.6 is 11.3 Å². The Morgan fingerprint density at radius 1 is 1.00 bits per heavy atom. The highest BCUT2D eigenvalue weighted by Gasteiger charge is 2.30. The number of benzene rings is 2. The van der Waals surface area contributed by atoms with E-state index in [0.29, 0.717) is 49.1 Å². The minimum absolute atomic E-state index is 0.0252. The summed E-state index contributed by atoms with van der Waals surface area (Å²) in [4.78, 5) is 18.8. The Hall–Kier alpha value is -2.75. The summed E-state index contributed by atoms with van der Waals surface area (Å²) in [6, 6.07) is 13.7. The summed E-state index contributed by atoms with van der Waals surface area (Å²) in [7, 11) is 1.56. The lowest BCUT2D eigenvalue weighted by atomic mass is 9.87. The fraction of sp³-hybridized carbons (Fsp3) is 0.407. The van der Waals surface area contributed by atoms with Gasteiger partial charge in [0.05, 0.1) is 18.7 Å². The number of amides is 1. The Kier molecular flexibility index (Phi) is 9.27. The molecule has 0 saturated heterocycles. The fourth-order valence-electron chi connectivity index (χ4n) is 3.68. The average molecular weight is 520 g/mol. The molecule has 1 heterocycles. The number of nitrogens with zero attached hydrogens (tertiary/aromatic N) is 2. The Balaban J connectivity index is 1.80. The SMILES string of the molecule is COCCNC(=O)c1csc(CN(Cc2ccc(C(C)(C)C)cc2)Cc2cccc(C(F)(F)F)c2)n1. The van der Waals surface area contributed by atoms with E-state index in [0.717, 1.165) is 11.6 Å². The number of nitrogens with one attached hydrogen (secondary N) is 1. The number of hydrogen-bond donors (Lipinski definition) is 1. The Bertz CT molecular complexity index is 1140. The van der Waals surface area contributed by atoms with Crippen molar-refractivity contribution in [3.63, 3.8) is 0 Å². The zero-order chi connectivity index (χ0) is 26.3. The second-order valence-corrected chi connectivity index (χ2v) is 10.6. The molecular weight excluding hydrogens is 487 g/mol. The summed E-state index contributed by atoms with van der Waals surface area (Å²) in [5, 5.41) is 5.15. The van der Waals surface area contributed by atoms with E-state index in [-0.39, 0.29) is 11.3 Å². The first-order valence-electron chi connectivity index (χ1n) is 11.6. The van der Waals surface area contributed by atoms with Crippen LogP contribution in [0.1, 0.15) is 58.5 Å². The van der Waals surface area contributed by atoms with Gasteiger partial charge in [0, 0.05) is 32.1 Å². The van der Waals surface area contributed by atoms with Gasteiger partial charge in [-0.3, -0.25) is 9.69 Å². The van der Waals surface area contributed by atoms with Crippen LogP contribution < -0.4 is 5.32 Å². The largest absolute Gasteiger partial charge is 0.416 e. The normalized spacial score (nSPS) is 12.2. The third-order valence-electron chi connectivity index (χ3n) is 5.62. The van der Waals surface area contributed by atoms with Crippen LogP contribution in [-0.2, 0) is 36.0 Å². The number of aromatic nitrogens is 1. The molecule has 0 fully saturated rings. The lowest BCUT2D eigenvalue weighted by Gasteiger charge is -2.23. The lowest BCUT2D eigenvalue weighted by Crippen LogP contribution is -2.27. The number of ether oxygens (including phenoxy) is 1. The van der Waals surface area contributed by atoms with Gasteiger partial charge in [0.1, 0.15) is 10.7 Å². The quantitative estimate of drug-likeness (QED) is 0.332. The predicted molar refractivity (Wildman–Crippen MR) is 136 cm³/mol. The van der Waals surface area contributed by atoms with Crippen molar-refractivity contribution in [1.29, 1.82) is 0 Å². The second-order valence-electron chi connectivity index (χ2n) is 9.67. The monoisotopic (exact) mass is 519 g/mol. The topological polar surface area (TPSA) is 54.5 Å². The molecule has 2 aromatic carbocycles. The molecular formula is C27H32F3N3O2S. The molecule has 0 aliphatic carbocycles. The summed E-state index contributed by atoms with van der Waals surface area (Å²) >= 11 is 1.35. The fourth-order valence-corrected chi connectivity index (χ4v) is 4.49. The molecule has 0 aliphatic heterocycles. The third kappa shape index (κ3) is 8.15. The number of thiazole rings is 1. The third-order valence-corrected chi connectivity index (χ3v) is 6.46. The highest BCUT2D eigenvalue weighted by Crippen LogP contribution is 2.30. The maximum Gasteiger partial charge on any atom is 0.416 e. The highest BCUT2D eigenvalue weighted by atomic mass is 32.1. The molecule has 0 spiro atoms. The maximum atomic E-state index is 13.3. The van der Waals surface area contributed by atoms with Crippen molar-refractivity contribution in [2.24, 2.45) is 0 Å². The van der Waals surface area contributed by atoms with E-state index in [9.17, 15) is 18.0 Å². The van der Waals surface area contributed by atoms with E-state index in [4.69, 9.17) is 4.74 Å². The molecule has 3 aromatic rings. The number of carbonyl (C=O) groups excluding carboxylic acids is 1. The van der Waals surface area contributed by atoms with Crippen molar-refractivity contribution >= 4 is 17.2 Å². The number of methoxy groups -OCH3 is 1. The van der Waals surface area contributed by atoms with E-state index in [1.165, 1.54) is 29.0 Å². The van der Waals surface area contributed by atoms with Crippen molar-refractivity contribution in [1.82, 2.24) is 15.2 Å². The summed E-state index contributed by atoms with van der Waals surface area (Å²) < 4.78 is 44.7. The van der Waals surface area contributed by atoms with Crippen molar-refractivity contribution < 1.29 is 22.7 Å². The number of hydrogen-bond acceptors (Lipinski definition) is 5. The van der Waals surface area contributed by atoms with Gasteiger partial charge in [-0.15, -0.1) is 11.3 Å². The van der Waals surface area contributed by atoms with Gasteiger partial charge in [-0.05, 0) is 28.2 Å². The molecule has 3 rings (SSSR count). The Labute approximate surface area is 214 Å². The molecule has 194 valence electrons. The van der Waals surface area contributed by atoms with E-state index in [2.05, 4.69) is 55.3 Å². The van der Waals surface area contributed by atoms with Gasteiger partial charge in [0.25, 0.3) is 5.91 Å². The van der Waals surface area contributed by atoms with Crippen LogP contribution in [-0.4, -0.2) is 36.1 Å². The summed E-state index contributed by atoms with van der Waals surface area (Å²) in [6.45, 7) is 8.45. The Morgan fingerprint density at radius 2 is 1.69 bits per heavy atom. The predicted octanol–water partition coefficient (Wildman–Crippen LogP) is 6.04. The molecule has 0 atom stereocenters. The lowest BCUT2D eigenvalue weighted by molar-refractivity contribution is -0.137. The van der Waals surface area contributed by atoms with Crippen LogP contribution in [0.4, 0.5) is 13.2 Å². The van der Waals surface area contributed by atoms with Crippen LogP contribution in [0.15, 0.2) is 53.9 Å². The van der Waals surface area contributed by atoms with Gasteiger partial charge in [-0.25, -0.2) is 4.98 Å². The van der Waals surface area contributed by atoms with Gasteiger partial charge in [-0.1, -0.05) is 63.2 Å². The van der Waals surface area contributed by atoms with Crippen molar-refractivity contribution in [3.8, 4) is 0 Å². The van der Waals surface area contributed by atoms with Gasteiger partial charge in [0.15, 0.2) is 0 Å². The van der Waals surface area contributed by atoms with Gasteiger partial charge < -0.3 is 10.1 Å². The van der Waals surface area contributed by atoms with E-state index < -0.39 is 11.7 Å². The van der Waals surface area contributed by atoms with Crippen LogP contribution in [0.3, 0.4) is 0 Å². The van der Waals surface area contributed by atoms with Crippen molar-refractivity contribution in [2.75, 3.05) is 20.3 Å².